The number of anilines is 2. The van der Waals surface area contributed by atoms with Crippen LogP contribution in [0.3, 0.4) is 0 Å². The quantitative estimate of drug-likeness (QED) is 0.866. The molecule has 6 heteroatoms. The summed E-state index contributed by atoms with van der Waals surface area (Å²) < 4.78 is 30.6. The molecule has 19 heavy (non-hydrogen) atoms. The fourth-order valence-electron chi connectivity index (χ4n) is 2.21. The van der Waals surface area contributed by atoms with Crippen molar-refractivity contribution in [2.45, 2.75) is 19.4 Å². The Labute approximate surface area is 114 Å². The number of benzene rings is 1. The predicted octanol–water partition coefficient (Wildman–Crippen LogP) is 1.89. The first kappa shape index (κ1) is 14.1. The second-order valence-electron chi connectivity index (χ2n) is 4.98. The zero-order chi connectivity index (χ0) is 13.9. The maximum atomic E-state index is 11.3. The van der Waals surface area contributed by atoms with Gasteiger partial charge < -0.3 is 10.1 Å². The van der Waals surface area contributed by atoms with Crippen LogP contribution in [0.15, 0.2) is 24.3 Å². The molecule has 0 aromatic heterocycles. The summed E-state index contributed by atoms with van der Waals surface area (Å²) in [6.07, 6.45) is 2.19. The van der Waals surface area contributed by atoms with Crippen LogP contribution in [-0.4, -0.2) is 33.9 Å². The highest BCUT2D eigenvalue weighted by atomic mass is 32.2. The van der Waals surface area contributed by atoms with Gasteiger partial charge >= 0.3 is 0 Å². The second kappa shape index (κ2) is 5.79. The zero-order valence-corrected chi connectivity index (χ0v) is 12.0. The third-order valence-corrected chi connectivity index (χ3v) is 3.87. The number of ether oxygens (including phenoxy) is 1. The molecule has 0 aliphatic carbocycles. The van der Waals surface area contributed by atoms with Crippen molar-refractivity contribution < 1.29 is 13.2 Å². The Kier molecular flexibility index (Phi) is 4.31. The Hall–Kier alpha value is -1.27. The number of sulfonamides is 1. The summed E-state index contributed by atoms with van der Waals surface area (Å²) in [5.74, 6) is 0.464. The molecule has 5 nitrogen and oxygen atoms in total. The summed E-state index contributed by atoms with van der Waals surface area (Å²) in [6, 6.07) is 7.56. The van der Waals surface area contributed by atoms with Crippen LogP contribution in [0.4, 0.5) is 11.4 Å². The molecule has 1 saturated heterocycles. The van der Waals surface area contributed by atoms with Crippen molar-refractivity contribution in [1.82, 2.24) is 0 Å². The monoisotopic (exact) mass is 284 g/mol. The average Bonchev–Trinajstić information content (AvgIpc) is 2.83. The van der Waals surface area contributed by atoms with E-state index in [1.165, 1.54) is 0 Å². The highest BCUT2D eigenvalue weighted by Gasteiger charge is 2.22. The van der Waals surface area contributed by atoms with Crippen molar-refractivity contribution in [1.29, 1.82) is 0 Å². The molecule has 2 unspecified atom stereocenters. The van der Waals surface area contributed by atoms with Crippen LogP contribution in [0.2, 0.25) is 0 Å². The van der Waals surface area contributed by atoms with E-state index in [4.69, 9.17) is 4.74 Å². The zero-order valence-electron chi connectivity index (χ0n) is 11.2. The Morgan fingerprint density at radius 1 is 1.32 bits per heavy atom. The summed E-state index contributed by atoms with van der Waals surface area (Å²) in [7, 11) is -3.27. The van der Waals surface area contributed by atoms with Crippen molar-refractivity contribution >= 4 is 21.4 Å². The van der Waals surface area contributed by atoms with Crippen LogP contribution in [0, 0.1) is 5.92 Å². The number of rotatable bonds is 5. The molecule has 1 aromatic carbocycles. The molecule has 0 radical (unpaired) electrons. The molecule has 0 spiro atoms. The minimum Gasteiger partial charge on any atom is -0.381 e. The molecule has 1 heterocycles. The minimum atomic E-state index is -3.27. The van der Waals surface area contributed by atoms with Gasteiger partial charge in [0.2, 0.25) is 10.0 Å². The smallest absolute Gasteiger partial charge is 0.229 e. The van der Waals surface area contributed by atoms with Gasteiger partial charge in [-0.1, -0.05) is 12.1 Å². The SMILES string of the molecule is CC(Nc1ccccc1NS(C)(=O)=O)C1CCOC1. The lowest BCUT2D eigenvalue weighted by molar-refractivity contribution is 0.183. The van der Waals surface area contributed by atoms with Gasteiger partial charge in [0.05, 0.1) is 24.2 Å². The second-order valence-corrected chi connectivity index (χ2v) is 6.72. The summed E-state index contributed by atoms with van der Waals surface area (Å²) in [5, 5.41) is 3.37. The van der Waals surface area contributed by atoms with Gasteiger partial charge in [0.1, 0.15) is 0 Å². The lowest BCUT2D eigenvalue weighted by Gasteiger charge is -2.22. The average molecular weight is 284 g/mol. The third kappa shape index (κ3) is 4.11. The largest absolute Gasteiger partial charge is 0.381 e. The Bertz CT molecular complexity index is 524. The number of para-hydroxylation sites is 2. The minimum absolute atomic E-state index is 0.241. The number of hydrogen-bond donors (Lipinski definition) is 2. The highest BCUT2D eigenvalue weighted by Crippen LogP contribution is 2.26. The normalized spacial score (nSPS) is 21.1. The van der Waals surface area contributed by atoms with Gasteiger partial charge in [-0.2, -0.15) is 0 Å². The summed E-state index contributed by atoms with van der Waals surface area (Å²) >= 11 is 0. The molecule has 2 atom stereocenters. The molecule has 2 rings (SSSR count). The van der Waals surface area contributed by atoms with Crippen molar-refractivity contribution in [3.05, 3.63) is 24.3 Å². The van der Waals surface area contributed by atoms with E-state index in [0.717, 1.165) is 31.6 Å². The van der Waals surface area contributed by atoms with E-state index in [2.05, 4.69) is 17.0 Å². The third-order valence-electron chi connectivity index (χ3n) is 3.28. The molecule has 1 aliphatic heterocycles. The van der Waals surface area contributed by atoms with Crippen LogP contribution >= 0.6 is 0 Å². The van der Waals surface area contributed by atoms with E-state index in [-0.39, 0.29) is 6.04 Å². The van der Waals surface area contributed by atoms with E-state index in [1.807, 2.05) is 18.2 Å². The van der Waals surface area contributed by atoms with Crippen molar-refractivity contribution in [2.75, 3.05) is 29.5 Å². The van der Waals surface area contributed by atoms with Crippen molar-refractivity contribution in [3.8, 4) is 0 Å². The summed E-state index contributed by atoms with van der Waals surface area (Å²) in [4.78, 5) is 0. The number of hydrogen-bond acceptors (Lipinski definition) is 4. The standard InChI is InChI=1S/C13H20N2O3S/c1-10(11-7-8-18-9-11)14-12-5-3-4-6-13(12)15-19(2,16)17/h3-6,10-11,14-15H,7-9H2,1-2H3. The lowest BCUT2D eigenvalue weighted by Crippen LogP contribution is -2.26. The van der Waals surface area contributed by atoms with E-state index in [9.17, 15) is 8.42 Å². The van der Waals surface area contributed by atoms with Gasteiger partial charge in [0.15, 0.2) is 0 Å². The van der Waals surface area contributed by atoms with Gasteiger partial charge in [-0.05, 0) is 25.5 Å². The van der Waals surface area contributed by atoms with Crippen molar-refractivity contribution in [3.63, 3.8) is 0 Å². The van der Waals surface area contributed by atoms with Gasteiger partial charge in [-0.3, -0.25) is 4.72 Å². The first-order valence-corrected chi connectivity index (χ1v) is 8.26. The van der Waals surface area contributed by atoms with Gasteiger partial charge in [-0.15, -0.1) is 0 Å². The molecule has 1 fully saturated rings. The predicted molar refractivity (Wildman–Crippen MR) is 76.9 cm³/mol. The fourth-order valence-corrected chi connectivity index (χ4v) is 2.79. The van der Waals surface area contributed by atoms with Gasteiger partial charge in [-0.25, -0.2) is 8.42 Å². The molecular formula is C13H20N2O3S. The van der Waals surface area contributed by atoms with Gasteiger partial charge in [0.25, 0.3) is 0 Å². The van der Waals surface area contributed by atoms with Crippen LogP contribution in [-0.2, 0) is 14.8 Å². The molecule has 1 aliphatic rings. The van der Waals surface area contributed by atoms with Crippen LogP contribution in [0.1, 0.15) is 13.3 Å². The van der Waals surface area contributed by atoms with E-state index in [0.29, 0.717) is 11.6 Å². The van der Waals surface area contributed by atoms with Crippen molar-refractivity contribution in [2.24, 2.45) is 5.92 Å². The molecule has 1 aromatic rings. The Morgan fingerprint density at radius 2 is 2.00 bits per heavy atom. The lowest BCUT2D eigenvalue weighted by atomic mass is 10.0. The fraction of sp³-hybridized carbons (Fsp3) is 0.538. The Balaban J connectivity index is 2.11. The van der Waals surface area contributed by atoms with Crippen LogP contribution in [0.5, 0.6) is 0 Å². The van der Waals surface area contributed by atoms with E-state index < -0.39 is 10.0 Å². The van der Waals surface area contributed by atoms with Crippen LogP contribution < -0.4 is 10.0 Å². The number of nitrogens with one attached hydrogen (secondary N) is 2. The molecule has 2 N–H and O–H groups in total. The first-order chi connectivity index (χ1) is 8.96. The topological polar surface area (TPSA) is 67.4 Å². The highest BCUT2D eigenvalue weighted by molar-refractivity contribution is 7.92. The molecular weight excluding hydrogens is 264 g/mol. The Morgan fingerprint density at radius 3 is 2.58 bits per heavy atom. The molecule has 0 bridgehead atoms. The maximum Gasteiger partial charge on any atom is 0.229 e. The van der Waals surface area contributed by atoms with Gasteiger partial charge in [0, 0.05) is 18.6 Å². The summed E-state index contributed by atoms with van der Waals surface area (Å²) in [5.41, 5.74) is 1.38. The molecule has 106 valence electrons. The molecule has 0 amide bonds. The van der Waals surface area contributed by atoms with E-state index >= 15 is 0 Å². The van der Waals surface area contributed by atoms with E-state index in [1.54, 1.807) is 6.07 Å². The summed E-state index contributed by atoms with van der Waals surface area (Å²) in [6.45, 7) is 3.66. The molecule has 0 saturated carbocycles. The van der Waals surface area contributed by atoms with Crippen LogP contribution in [0.25, 0.3) is 0 Å². The first-order valence-electron chi connectivity index (χ1n) is 6.37. The maximum absolute atomic E-state index is 11.3.